The van der Waals surface area contributed by atoms with Crippen LogP contribution in [0.25, 0.3) is 11.3 Å². The lowest BCUT2D eigenvalue weighted by atomic mass is 10.1. The zero-order valence-corrected chi connectivity index (χ0v) is 9.69. The minimum Gasteiger partial charge on any atom is -0.423 e. The second-order valence-electron chi connectivity index (χ2n) is 3.15. The Labute approximate surface area is 100 Å². The fourth-order valence-electron chi connectivity index (χ4n) is 1.30. The Bertz CT molecular complexity index is 608. The Morgan fingerprint density at radius 1 is 1.19 bits per heavy atom. The highest BCUT2D eigenvalue weighted by molar-refractivity contribution is 9.10. The normalized spacial score (nSPS) is 9.75. The van der Waals surface area contributed by atoms with E-state index in [0.29, 0.717) is 15.8 Å². The van der Waals surface area contributed by atoms with Gasteiger partial charge in [0.15, 0.2) is 0 Å². The van der Waals surface area contributed by atoms with E-state index in [9.17, 15) is 4.79 Å². The molecule has 1 heterocycles. The van der Waals surface area contributed by atoms with Crippen molar-refractivity contribution in [2.45, 2.75) is 0 Å². The number of hydrogen-bond donors (Lipinski definition) is 0. The molecular formula is C12H6BrNO2. The van der Waals surface area contributed by atoms with Crippen LogP contribution in [0.5, 0.6) is 0 Å². The standard InChI is InChI=1S/C12H6BrNO2/c13-10-5-11(16-12(15)6-10)9-3-1-8(7-14)2-4-9/h1-6H. The Kier molecular flexibility index (Phi) is 2.88. The van der Waals surface area contributed by atoms with E-state index in [1.54, 1.807) is 30.3 Å². The molecule has 0 bridgehead atoms. The minimum atomic E-state index is -0.409. The van der Waals surface area contributed by atoms with Crippen LogP contribution in [0.15, 0.2) is 50.1 Å². The van der Waals surface area contributed by atoms with Crippen molar-refractivity contribution in [3.8, 4) is 17.4 Å². The van der Waals surface area contributed by atoms with E-state index in [1.165, 1.54) is 6.07 Å². The molecule has 3 nitrogen and oxygen atoms in total. The molecule has 0 N–H and O–H groups in total. The van der Waals surface area contributed by atoms with Crippen LogP contribution in [0.2, 0.25) is 0 Å². The Balaban J connectivity index is 2.51. The van der Waals surface area contributed by atoms with Gasteiger partial charge in [0, 0.05) is 16.1 Å². The van der Waals surface area contributed by atoms with E-state index in [0.717, 1.165) is 5.56 Å². The Morgan fingerprint density at radius 3 is 2.44 bits per heavy atom. The molecule has 0 saturated carbocycles. The smallest absolute Gasteiger partial charge is 0.337 e. The molecule has 0 radical (unpaired) electrons. The van der Waals surface area contributed by atoms with Crippen LogP contribution in [-0.4, -0.2) is 0 Å². The summed E-state index contributed by atoms with van der Waals surface area (Å²) in [6.07, 6.45) is 0. The van der Waals surface area contributed by atoms with Gasteiger partial charge in [0.05, 0.1) is 11.6 Å². The molecule has 4 heteroatoms. The summed E-state index contributed by atoms with van der Waals surface area (Å²) < 4.78 is 5.72. The zero-order valence-electron chi connectivity index (χ0n) is 8.11. The van der Waals surface area contributed by atoms with Gasteiger partial charge in [-0.05, 0) is 30.3 Å². The number of hydrogen-bond acceptors (Lipinski definition) is 3. The highest BCUT2D eigenvalue weighted by atomic mass is 79.9. The van der Waals surface area contributed by atoms with Crippen LogP contribution in [0.3, 0.4) is 0 Å². The van der Waals surface area contributed by atoms with Crippen molar-refractivity contribution in [3.05, 3.63) is 56.9 Å². The van der Waals surface area contributed by atoms with E-state index in [1.807, 2.05) is 6.07 Å². The second-order valence-corrected chi connectivity index (χ2v) is 4.06. The van der Waals surface area contributed by atoms with Crippen LogP contribution < -0.4 is 5.63 Å². The lowest BCUT2D eigenvalue weighted by Crippen LogP contribution is -1.96. The largest absolute Gasteiger partial charge is 0.423 e. The summed E-state index contributed by atoms with van der Waals surface area (Å²) in [6, 6.07) is 11.9. The lowest BCUT2D eigenvalue weighted by Gasteiger charge is -2.00. The van der Waals surface area contributed by atoms with Crippen molar-refractivity contribution in [2.75, 3.05) is 0 Å². The number of halogens is 1. The van der Waals surface area contributed by atoms with Crippen molar-refractivity contribution in [2.24, 2.45) is 0 Å². The summed E-state index contributed by atoms with van der Waals surface area (Å²) in [4.78, 5) is 11.2. The molecule has 0 saturated heterocycles. The summed E-state index contributed by atoms with van der Waals surface area (Å²) in [5, 5.41) is 8.66. The summed E-state index contributed by atoms with van der Waals surface area (Å²) in [7, 11) is 0. The minimum absolute atomic E-state index is 0.409. The first kappa shape index (κ1) is 10.7. The number of nitrogens with zero attached hydrogens (tertiary/aromatic N) is 1. The van der Waals surface area contributed by atoms with Gasteiger partial charge >= 0.3 is 5.63 Å². The quantitative estimate of drug-likeness (QED) is 0.804. The van der Waals surface area contributed by atoms with Gasteiger partial charge in [-0.15, -0.1) is 0 Å². The molecule has 0 unspecified atom stereocenters. The summed E-state index contributed by atoms with van der Waals surface area (Å²) in [5.74, 6) is 0.476. The maximum atomic E-state index is 11.2. The number of rotatable bonds is 1. The topological polar surface area (TPSA) is 54.0 Å². The average Bonchev–Trinajstić information content (AvgIpc) is 2.28. The molecule has 78 valence electrons. The molecule has 0 aliphatic heterocycles. The van der Waals surface area contributed by atoms with Gasteiger partial charge in [-0.3, -0.25) is 0 Å². The zero-order chi connectivity index (χ0) is 11.5. The third-order valence-corrected chi connectivity index (χ3v) is 2.49. The molecule has 0 aliphatic rings. The molecule has 0 atom stereocenters. The first-order valence-electron chi connectivity index (χ1n) is 4.50. The van der Waals surface area contributed by atoms with Crippen molar-refractivity contribution in [1.29, 1.82) is 5.26 Å². The number of nitriles is 1. The first-order chi connectivity index (χ1) is 7.69. The van der Waals surface area contributed by atoms with Crippen molar-refractivity contribution in [3.63, 3.8) is 0 Å². The highest BCUT2D eigenvalue weighted by Gasteiger charge is 2.03. The van der Waals surface area contributed by atoms with Gasteiger partial charge in [-0.1, -0.05) is 15.9 Å². The summed E-state index contributed by atoms with van der Waals surface area (Å²) >= 11 is 3.23. The van der Waals surface area contributed by atoms with Crippen molar-refractivity contribution >= 4 is 15.9 Å². The average molecular weight is 276 g/mol. The van der Waals surface area contributed by atoms with Crippen LogP contribution >= 0.6 is 15.9 Å². The van der Waals surface area contributed by atoms with Gasteiger partial charge in [-0.2, -0.15) is 5.26 Å². The first-order valence-corrected chi connectivity index (χ1v) is 5.29. The van der Waals surface area contributed by atoms with Crippen molar-refractivity contribution in [1.82, 2.24) is 0 Å². The fourth-order valence-corrected chi connectivity index (χ4v) is 1.69. The fraction of sp³-hybridized carbons (Fsp3) is 0. The summed E-state index contributed by atoms with van der Waals surface area (Å²) in [6.45, 7) is 0. The maximum Gasteiger partial charge on any atom is 0.337 e. The van der Waals surface area contributed by atoms with Crippen LogP contribution in [0, 0.1) is 11.3 Å². The molecule has 2 rings (SSSR count). The molecule has 1 aromatic carbocycles. The Hall–Kier alpha value is -1.86. The van der Waals surface area contributed by atoms with Gasteiger partial charge in [0.1, 0.15) is 5.76 Å². The van der Waals surface area contributed by atoms with E-state index in [4.69, 9.17) is 9.68 Å². The SMILES string of the molecule is N#Cc1ccc(-c2cc(Br)cc(=O)o2)cc1. The molecule has 2 aromatic rings. The molecule has 1 aromatic heterocycles. The van der Waals surface area contributed by atoms with Gasteiger partial charge in [0.25, 0.3) is 0 Å². The maximum absolute atomic E-state index is 11.2. The predicted molar refractivity (Wildman–Crippen MR) is 62.8 cm³/mol. The molecule has 0 amide bonds. The van der Waals surface area contributed by atoms with E-state index < -0.39 is 5.63 Å². The third kappa shape index (κ3) is 2.20. The van der Waals surface area contributed by atoms with Gasteiger partial charge < -0.3 is 4.42 Å². The van der Waals surface area contributed by atoms with E-state index >= 15 is 0 Å². The van der Waals surface area contributed by atoms with Gasteiger partial charge in [-0.25, -0.2) is 4.79 Å². The molecule has 0 aliphatic carbocycles. The predicted octanol–water partition coefficient (Wildman–Crippen LogP) is 2.94. The van der Waals surface area contributed by atoms with E-state index in [-0.39, 0.29) is 0 Å². The van der Waals surface area contributed by atoms with Gasteiger partial charge in [0.2, 0.25) is 0 Å². The lowest BCUT2D eigenvalue weighted by molar-refractivity contribution is 0.525. The molecule has 0 fully saturated rings. The summed E-state index contributed by atoms with van der Waals surface area (Å²) in [5.41, 5.74) is 0.923. The van der Waals surface area contributed by atoms with Crippen LogP contribution in [-0.2, 0) is 0 Å². The second kappa shape index (κ2) is 4.33. The van der Waals surface area contributed by atoms with Crippen LogP contribution in [0.1, 0.15) is 5.56 Å². The molecule has 16 heavy (non-hydrogen) atoms. The number of benzene rings is 1. The van der Waals surface area contributed by atoms with Crippen molar-refractivity contribution < 1.29 is 4.42 Å². The van der Waals surface area contributed by atoms with Crippen LogP contribution in [0.4, 0.5) is 0 Å². The third-order valence-electron chi connectivity index (χ3n) is 2.03. The molecular weight excluding hydrogens is 270 g/mol. The molecule has 0 spiro atoms. The van der Waals surface area contributed by atoms with E-state index in [2.05, 4.69) is 15.9 Å². The monoisotopic (exact) mass is 275 g/mol. The highest BCUT2D eigenvalue weighted by Crippen LogP contribution is 2.21. The Morgan fingerprint density at radius 2 is 1.88 bits per heavy atom.